The fourth-order valence-electron chi connectivity index (χ4n) is 2.59. The van der Waals surface area contributed by atoms with Crippen molar-refractivity contribution < 1.29 is 9.53 Å². The molecule has 1 aliphatic heterocycles. The summed E-state index contributed by atoms with van der Waals surface area (Å²) in [7, 11) is 1.98. The van der Waals surface area contributed by atoms with Crippen LogP contribution in [0.1, 0.15) is 19.8 Å². The van der Waals surface area contributed by atoms with Crippen LogP contribution in [-0.2, 0) is 4.74 Å². The molecular weight excluding hydrogens is 334 g/mol. The molecule has 23 heavy (non-hydrogen) atoms. The molecule has 1 heterocycles. The first-order valence-electron chi connectivity index (χ1n) is 7.72. The van der Waals surface area contributed by atoms with E-state index in [0.717, 1.165) is 18.5 Å². The highest BCUT2D eigenvalue weighted by Crippen LogP contribution is 2.19. The van der Waals surface area contributed by atoms with E-state index in [2.05, 4.69) is 10.2 Å². The lowest BCUT2D eigenvalue weighted by atomic mass is 10.0. The minimum Gasteiger partial charge on any atom is -0.450 e. The van der Waals surface area contributed by atoms with Gasteiger partial charge in [-0.25, -0.2) is 4.79 Å². The lowest BCUT2D eigenvalue weighted by molar-refractivity contribution is 0.0895. The Balaban J connectivity index is 1.85. The minimum absolute atomic E-state index is 0.228. The maximum atomic E-state index is 11.7. The molecule has 7 heteroatoms. The van der Waals surface area contributed by atoms with Crippen molar-refractivity contribution in [1.82, 2.24) is 9.80 Å². The van der Waals surface area contributed by atoms with E-state index in [4.69, 9.17) is 28.6 Å². The number of likely N-dealkylation sites (tertiary alicyclic amines) is 1. The molecule has 0 spiro atoms. The number of amides is 1. The van der Waals surface area contributed by atoms with Crippen LogP contribution in [0.15, 0.2) is 24.3 Å². The van der Waals surface area contributed by atoms with Crippen molar-refractivity contribution in [1.29, 1.82) is 0 Å². The number of anilines is 1. The zero-order valence-electron chi connectivity index (χ0n) is 13.4. The largest absolute Gasteiger partial charge is 0.450 e. The van der Waals surface area contributed by atoms with Crippen molar-refractivity contribution in [2.24, 2.45) is 0 Å². The number of rotatable bonds is 3. The van der Waals surface area contributed by atoms with Crippen molar-refractivity contribution in [2.45, 2.75) is 25.8 Å². The number of thiocarbonyl (C=S) groups is 1. The maximum Gasteiger partial charge on any atom is 0.409 e. The molecule has 1 aliphatic rings. The third-order valence-electron chi connectivity index (χ3n) is 3.93. The predicted molar refractivity (Wildman–Crippen MR) is 97.1 cm³/mol. The van der Waals surface area contributed by atoms with Gasteiger partial charge in [-0.05, 0) is 50.2 Å². The highest BCUT2D eigenvalue weighted by molar-refractivity contribution is 7.80. The second-order valence-electron chi connectivity index (χ2n) is 5.47. The summed E-state index contributed by atoms with van der Waals surface area (Å²) >= 11 is 11.5. The summed E-state index contributed by atoms with van der Waals surface area (Å²) in [5.41, 5.74) is 0.873. The van der Waals surface area contributed by atoms with Crippen molar-refractivity contribution >= 4 is 40.7 Å². The number of benzene rings is 1. The molecule has 1 saturated heterocycles. The summed E-state index contributed by atoms with van der Waals surface area (Å²) in [4.78, 5) is 15.5. The van der Waals surface area contributed by atoms with Gasteiger partial charge in [-0.2, -0.15) is 0 Å². The Hall–Kier alpha value is -1.53. The van der Waals surface area contributed by atoms with Crippen LogP contribution in [-0.4, -0.2) is 53.8 Å². The summed E-state index contributed by atoms with van der Waals surface area (Å²) < 4.78 is 5.04. The van der Waals surface area contributed by atoms with Gasteiger partial charge in [0.25, 0.3) is 0 Å². The first kappa shape index (κ1) is 17.8. The molecule has 0 atom stereocenters. The minimum atomic E-state index is -0.228. The van der Waals surface area contributed by atoms with Crippen LogP contribution in [0.5, 0.6) is 0 Å². The summed E-state index contributed by atoms with van der Waals surface area (Å²) in [5, 5.41) is 4.53. The summed E-state index contributed by atoms with van der Waals surface area (Å²) in [6.45, 7) is 3.60. The third kappa shape index (κ3) is 4.97. The van der Waals surface area contributed by atoms with Crippen molar-refractivity contribution in [3.8, 4) is 0 Å². The Morgan fingerprint density at radius 3 is 2.78 bits per heavy atom. The topological polar surface area (TPSA) is 44.8 Å². The van der Waals surface area contributed by atoms with Crippen molar-refractivity contribution in [3.63, 3.8) is 0 Å². The molecule has 0 aromatic heterocycles. The highest BCUT2D eigenvalue weighted by atomic mass is 35.5. The second kappa shape index (κ2) is 8.36. The zero-order chi connectivity index (χ0) is 16.8. The van der Waals surface area contributed by atoms with Gasteiger partial charge in [-0.1, -0.05) is 17.7 Å². The number of carbonyl (C=O) groups excluding carboxylic acids is 1. The Bertz CT molecular complexity index is 562. The number of piperidine rings is 1. The van der Waals surface area contributed by atoms with E-state index in [1.54, 1.807) is 4.90 Å². The molecule has 1 aromatic rings. The SMILES string of the molecule is CCOC(=O)N1CCC(N(C)C(=S)Nc2cccc(Cl)c2)CC1. The fourth-order valence-corrected chi connectivity index (χ4v) is 3.05. The average Bonchev–Trinajstić information content (AvgIpc) is 2.54. The number of nitrogens with one attached hydrogen (secondary N) is 1. The van der Waals surface area contributed by atoms with Gasteiger partial charge in [0.15, 0.2) is 5.11 Å². The fraction of sp³-hybridized carbons (Fsp3) is 0.500. The van der Waals surface area contributed by atoms with E-state index in [9.17, 15) is 4.79 Å². The van der Waals surface area contributed by atoms with E-state index < -0.39 is 0 Å². The molecule has 1 aromatic carbocycles. The Morgan fingerprint density at radius 1 is 1.48 bits per heavy atom. The predicted octanol–water partition coefficient (Wildman–Crippen LogP) is 3.59. The van der Waals surface area contributed by atoms with Gasteiger partial charge in [0.2, 0.25) is 0 Å². The number of hydrogen-bond acceptors (Lipinski definition) is 3. The number of halogens is 1. The normalized spacial score (nSPS) is 15.2. The van der Waals surface area contributed by atoms with Crippen molar-refractivity contribution in [2.75, 3.05) is 32.1 Å². The monoisotopic (exact) mass is 355 g/mol. The molecule has 0 radical (unpaired) electrons. The molecule has 2 rings (SSSR count). The van der Waals surface area contributed by atoms with Gasteiger partial charge in [0.1, 0.15) is 0 Å². The van der Waals surface area contributed by atoms with Crippen LogP contribution in [0.25, 0.3) is 0 Å². The number of nitrogens with zero attached hydrogens (tertiary/aromatic N) is 2. The quantitative estimate of drug-likeness (QED) is 0.839. The molecule has 0 saturated carbocycles. The van der Waals surface area contributed by atoms with Crippen LogP contribution < -0.4 is 5.32 Å². The van der Waals surface area contributed by atoms with Crippen molar-refractivity contribution in [3.05, 3.63) is 29.3 Å². The summed E-state index contributed by atoms with van der Waals surface area (Å²) in [6, 6.07) is 7.77. The first-order chi connectivity index (χ1) is 11.0. The third-order valence-corrected chi connectivity index (χ3v) is 4.56. The number of carbonyl (C=O) groups is 1. The Morgan fingerprint density at radius 2 is 2.17 bits per heavy atom. The van der Waals surface area contributed by atoms with Gasteiger partial charge < -0.3 is 19.9 Å². The molecule has 5 nitrogen and oxygen atoms in total. The number of hydrogen-bond donors (Lipinski definition) is 1. The van der Waals surface area contributed by atoms with E-state index >= 15 is 0 Å². The van der Waals surface area contributed by atoms with E-state index in [1.807, 2.05) is 38.2 Å². The molecule has 0 unspecified atom stereocenters. The molecule has 126 valence electrons. The molecule has 1 N–H and O–H groups in total. The number of ether oxygens (including phenoxy) is 1. The van der Waals surface area contributed by atoms with Crippen LogP contribution in [0.2, 0.25) is 5.02 Å². The van der Waals surface area contributed by atoms with Gasteiger partial charge in [0, 0.05) is 36.9 Å². The Labute approximate surface area is 147 Å². The van der Waals surface area contributed by atoms with Gasteiger partial charge in [0.05, 0.1) is 6.61 Å². The zero-order valence-corrected chi connectivity index (χ0v) is 15.0. The van der Waals surface area contributed by atoms with Crippen LogP contribution in [0.4, 0.5) is 10.5 Å². The lowest BCUT2D eigenvalue weighted by Gasteiger charge is -2.37. The molecule has 0 bridgehead atoms. The molecular formula is C16H22ClN3O2S. The van der Waals surface area contributed by atoms with E-state index in [1.165, 1.54) is 0 Å². The van der Waals surface area contributed by atoms with Crippen LogP contribution in [0.3, 0.4) is 0 Å². The highest BCUT2D eigenvalue weighted by Gasteiger charge is 2.26. The standard InChI is InChI=1S/C16H22ClN3O2S/c1-3-22-16(21)20-9-7-14(8-10-20)19(2)15(23)18-13-6-4-5-12(17)11-13/h4-6,11,14H,3,7-10H2,1-2H3,(H,18,23). The average molecular weight is 356 g/mol. The van der Waals surface area contributed by atoms with Crippen LogP contribution >= 0.6 is 23.8 Å². The van der Waals surface area contributed by atoms with E-state index in [0.29, 0.717) is 35.9 Å². The Kier molecular flexibility index (Phi) is 6.47. The smallest absolute Gasteiger partial charge is 0.409 e. The second-order valence-corrected chi connectivity index (χ2v) is 6.29. The molecule has 0 aliphatic carbocycles. The van der Waals surface area contributed by atoms with E-state index in [-0.39, 0.29) is 6.09 Å². The van der Waals surface area contributed by atoms with Crippen LogP contribution in [0, 0.1) is 0 Å². The van der Waals surface area contributed by atoms with Gasteiger partial charge >= 0.3 is 6.09 Å². The van der Waals surface area contributed by atoms with Gasteiger partial charge in [-0.15, -0.1) is 0 Å². The maximum absolute atomic E-state index is 11.7. The molecule has 1 amide bonds. The molecule has 1 fully saturated rings. The lowest BCUT2D eigenvalue weighted by Crippen LogP contribution is -2.48. The summed E-state index contributed by atoms with van der Waals surface area (Å²) in [6.07, 6.45) is 1.51. The van der Waals surface area contributed by atoms with Gasteiger partial charge in [-0.3, -0.25) is 0 Å². The summed E-state index contributed by atoms with van der Waals surface area (Å²) in [5.74, 6) is 0. The first-order valence-corrected chi connectivity index (χ1v) is 8.51.